The summed E-state index contributed by atoms with van der Waals surface area (Å²) in [6.07, 6.45) is 1.14. The normalized spacial score (nSPS) is 13.6. The zero-order valence-corrected chi connectivity index (χ0v) is 33.3. The molecule has 6 aromatic carbocycles. The van der Waals surface area contributed by atoms with Crippen LogP contribution in [-0.2, 0) is 12.3 Å². The Bertz CT molecular complexity index is 2120. The van der Waals surface area contributed by atoms with E-state index in [1.165, 1.54) is 22.7 Å². The summed E-state index contributed by atoms with van der Waals surface area (Å²) >= 11 is 21.7. The van der Waals surface area contributed by atoms with Crippen LogP contribution >= 0.6 is 68.4 Å². The van der Waals surface area contributed by atoms with Gasteiger partial charge in [0.05, 0.1) is 0 Å². The van der Waals surface area contributed by atoms with Gasteiger partial charge in [-0.3, -0.25) is 0 Å². The quantitative estimate of drug-likeness (QED) is 0.126. The summed E-state index contributed by atoms with van der Waals surface area (Å²) in [5.74, 6) is -7.38. The number of hydrogen-bond donors (Lipinski definition) is 0. The number of hydrogen-bond acceptors (Lipinski definition) is 4. The van der Waals surface area contributed by atoms with Gasteiger partial charge in [0.15, 0.2) is 0 Å². The van der Waals surface area contributed by atoms with Crippen molar-refractivity contribution in [2.24, 2.45) is 0 Å². The van der Waals surface area contributed by atoms with Crippen molar-refractivity contribution >= 4 is 110 Å². The van der Waals surface area contributed by atoms with Crippen molar-refractivity contribution in [2.75, 3.05) is 0 Å². The van der Waals surface area contributed by atoms with E-state index in [4.69, 9.17) is 22.5 Å². The molecule has 0 N–H and O–H groups in total. The predicted octanol–water partition coefficient (Wildman–Crippen LogP) is 10.8. The Hall–Kier alpha value is -3.43. The first kappa shape index (κ1) is 34.6. The van der Waals surface area contributed by atoms with Gasteiger partial charge in [-0.15, -0.1) is 0 Å². The van der Waals surface area contributed by atoms with Crippen molar-refractivity contribution in [3.05, 3.63) is 201 Å². The summed E-state index contributed by atoms with van der Waals surface area (Å²) in [7, 11) is 0. The molecule has 0 saturated heterocycles. The Morgan fingerprint density at radius 2 is 0.569 bits per heavy atom. The van der Waals surface area contributed by atoms with Crippen LogP contribution < -0.4 is 35.9 Å². The van der Waals surface area contributed by atoms with Gasteiger partial charge in [-0.25, -0.2) is 0 Å². The maximum atomic E-state index is 13.5. The molecular weight excluding hydrogens is 762 g/mol. The molecular formula is C43H34Cl2OP2S3. The molecule has 8 heteroatoms. The number of fused-ring (bicyclic) bond motifs is 1. The van der Waals surface area contributed by atoms with Crippen LogP contribution in [0.4, 0.5) is 0 Å². The van der Waals surface area contributed by atoms with Gasteiger partial charge >= 0.3 is 323 Å². The summed E-state index contributed by atoms with van der Waals surface area (Å²) in [5, 5.41) is 6.60. The molecule has 0 radical (unpaired) electrons. The van der Waals surface area contributed by atoms with E-state index in [9.17, 15) is 4.79 Å². The van der Waals surface area contributed by atoms with Crippen LogP contribution in [0.15, 0.2) is 187 Å². The second-order valence-electron chi connectivity index (χ2n) is 12.8. The summed E-state index contributed by atoms with van der Waals surface area (Å²) in [6, 6.07) is 63.4. The Morgan fingerprint density at radius 1 is 0.353 bits per heavy atom. The molecule has 2 heterocycles. The first-order chi connectivity index (χ1) is 24.8. The minimum atomic E-state index is -3.69. The molecule has 0 bridgehead atoms. The molecule has 0 atom stereocenters. The summed E-state index contributed by atoms with van der Waals surface area (Å²) < 4.78 is 2.13. The molecule has 0 aliphatic heterocycles. The Morgan fingerprint density at radius 3 is 0.784 bits per heavy atom. The first-order valence-electron chi connectivity index (χ1n) is 16.7. The van der Waals surface area contributed by atoms with E-state index in [1.54, 1.807) is 11.3 Å². The fourth-order valence-electron chi connectivity index (χ4n) is 7.51. The topological polar surface area (TPSA) is 17.1 Å². The van der Waals surface area contributed by atoms with Gasteiger partial charge in [-0.05, 0) is 0 Å². The van der Waals surface area contributed by atoms with Crippen LogP contribution in [-0.4, -0.2) is 0 Å². The second kappa shape index (κ2) is 13.5. The zero-order chi connectivity index (χ0) is 35.0. The van der Waals surface area contributed by atoms with Crippen LogP contribution in [0.25, 0.3) is 9.40 Å². The number of rotatable bonds is 10. The minimum absolute atomic E-state index is 0.0818. The molecule has 2 aromatic heterocycles. The molecule has 0 saturated carbocycles. The van der Waals surface area contributed by atoms with Gasteiger partial charge in [0.2, 0.25) is 0 Å². The molecule has 0 unspecified atom stereocenters. The Balaban J connectivity index is 1.42. The third kappa shape index (κ3) is 5.60. The van der Waals surface area contributed by atoms with E-state index >= 15 is 0 Å². The molecule has 0 aliphatic rings. The SMILES string of the molecule is O=c1sc2c(CP(Cl)(c3ccccc3)(c3ccccc3)c3ccccc3)sc(CP(Cl)(c3ccccc3)(c3ccccc3)c3ccccc3)c2s1. The molecule has 8 aromatic rings. The first-order valence-corrected chi connectivity index (χ1v) is 25.8. The summed E-state index contributed by atoms with van der Waals surface area (Å²) in [4.78, 5) is 15.7. The Labute approximate surface area is 320 Å². The van der Waals surface area contributed by atoms with E-state index in [-0.39, 0.29) is 4.06 Å². The van der Waals surface area contributed by atoms with E-state index in [0.29, 0.717) is 12.3 Å². The number of thiophene rings is 1. The Kier molecular flexibility index (Phi) is 9.19. The molecule has 254 valence electrons. The van der Waals surface area contributed by atoms with E-state index in [1.807, 2.05) is 36.4 Å². The van der Waals surface area contributed by atoms with Crippen LogP contribution in [0, 0.1) is 0 Å². The van der Waals surface area contributed by atoms with Gasteiger partial charge in [0, 0.05) is 0 Å². The maximum absolute atomic E-state index is 13.5. The standard InChI is InChI=1S/C43H34Cl2OP2S3/c44-47(33-19-7-1-8-20-33,34-21-9-2-10-22-34,35-23-11-3-12-24-35)31-39-41-42(51-43(46)50-41)40(49-39)32-48(45,36-25-13-4-14-26-36,37-27-15-5-16-28-37)38-29-17-6-18-30-38/h1-30H,31-32H2. The van der Waals surface area contributed by atoms with Crippen LogP contribution in [0.3, 0.4) is 0 Å². The monoisotopic (exact) mass is 794 g/mol. The zero-order valence-electron chi connectivity index (χ0n) is 27.5. The van der Waals surface area contributed by atoms with Gasteiger partial charge in [0.1, 0.15) is 0 Å². The van der Waals surface area contributed by atoms with Crippen molar-refractivity contribution in [3.8, 4) is 0 Å². The molecule has 51 heavy (non-hydrogen) atoms. The summed E-state index contributed by atoms with van der Waals surface area (Å²) in [6.45, 7) is 0. The summed E-state index contributed by atoms with van der Waals surface area (Å²) in [5.41, 5.74) is 0. The van der Waals surface area contributed by atoms with Gasteiger partial charge in [-0.1, -0.05) is 0 Å². The van der Waals surface area contributed by atoms with E-state index in [0.717, 1.165) is 51.0 Å². The van der Waals surface area contributed by atoms with Crippen LogP contribution in [0.2, 0.25) is 0 Å². The molecule has 0 aliphatic carbocycles. The van der Waals surface area contributed by atoms with Crippen molar-refractivity contribution in [2.45, 2.75) is 12.3 Å². The molecule has 1 nitrogen and oxygen atoms in total. The van der Waals surface area contributed by atoms with E-state index < -0.39 is 11.9 Å². The van der Waals surface area contributed by atoms with Crippen molar-refractivity contribution in [3.63, 3.8) is 0 Å². The predicted molar refractivity (Wildman–Crippen MR) is 233 cm³/mol. The average molecular weight is 796 g/mol. The molecule has 8 rings (SSSR count). The van der Waals surface area contributed by atoms with Gasteiger partial charge < -0.3 is 0 Å². The van der Waals surface area contributed by atoms with Crippen molar-refractivity contribution in [1.82, 2.24) is 0 Å². The van der Waals surface area contributed by atoms with Crippen LogP contribution in [0.5, 0.6) is 0 Å². The van der Waals surface area contributed by atoms with E-state index in [2.05, 4.69) is 146 Å². The average Bonchev–Trinajstić information content (AvgIpc) is 3.74. The van der Waals surface area contributed by atoms with Crippen molar-refractivity contribution < 1.29 is 0 Å². The third-order valence-electron chi connectivity index (χ3n) is 9.98. The third-order valence-corrected chi connectivity index (χ3v) is 28.4. The molecule has 0 fully saturated rings. The fourth-order valence-corrected chi connectivity index (χ4v) is 25.4. The van der Waals surface area contributed by atoms with Gasteiger partial charge in [-0.2, -0.15) is 0 Å². The number of halogens is 2. The molecule has 0 amide bonds. The fraction of sp³-hybridized carbons (Fsp3) is 0.0465. The van der Waals surface area contributed by atoms with Crippen LogP contribution in [0.1, 0.15) is 9.75 Å². The van der Waals surface area contributed by atoms with Crippen molar-refractivity contribution in [1.29, 1.82) is 0 Å². The second-order valence-corrected chi connectivity index (χ2v) is 29.1. The molecule has 0 spiro atoms. The number of benzene rings is 6. The van der Waals surface area contributed by atoms with Gasteiger partial charge in [0.25, 0.3) is 0 Å².